The van der Waals surface area contributed by atoms with E-state index in [0.717, 1.165) is 10.9 Å². The summed E-state index contributed by atoms with van der Waals surface area (Å²) in [5.41, 5.74) is 7.40. The third-order valence-electron chi connectivity index (χ3n) is 4.43. The van der Waals surface area contributed by atoms with Crippen LogP contribution in [0.5, 0.6) is 0 Å². The summed E-state index contributed by atoms with van der Waals surface area (Å²) in [6.45, 7) is 0.392. The number of rotatable bonds is 3. The number of carboxylic acid groups (broad SMARTS) is 1. The van der Waals surface area contributed by atoms with Crippen LogP contribution in [0.25, 0.3) is 10.9 Å². The summed E-state index contributed by atoms with van der Waals surface area (Å²) in [6, 6.07) is 11.2. The van der Waals surface area contributed by atoms with Crippen molar-refractivity contribution < 1.29 is 19.3 Å². The molecule has 1 amide bonds. The van der Waals surface area contributed by atoms with Gasteiger partial charge in [-0.1, -0.05) is 12.1 Å². The molecule has 1 aromatic heterocycles. The molecule has 0 bridgehead atoms. The Morgan fingerprint density at radius 3 is 2.88 bits per heavy atom. The zero-order valence-electron chi connectivity index (χ0n) is 12.7. The van der Waals surface area contributed by atoms with Crippen molar-refractivity contribution in [2.75, 3.05) is 5.75 Å². The number of amides is 1. The standard InChI is InChI=1S/C17H15N3O3S/c18-13-15(21)20-14(17(22)23)11(9-24-16(13)20)8-19-7-3-5-10-4-1-2-6-12(10)19/h1-7,13,16H,8-9,18H2/t13-,16+/m1/s1. The predicted molar refractivity (Wildman–Crippen MR) is 87.2 cm³/mol. The molecule has 6 nitrogen and oxygen atoms in total. The van der Waals surface area contributed by atoms with Crippen LogP contribution in [0, 0.1) is 0 Å². The molecule has 0 spiro atoms. The van der Waals surface area contributed by atoms with Gasteiger partial charge in [0.1, 0.15) is 11.4 Å². The topological polar surface area (TPSA) is 90.3 Å². The Morgan fingerprint density at radius 2 is 2.08 bits per heavy atom. The van der Waals surface area contributed by atoms with Crippen LogP contribution in [-0.2, 0) is 16.1 Å². The first kappa shape index (κ1) is 15.2. The van der Waals surface area contributed by atoms with Gasteiger partial charge in [-0.05, 0) is 12.1 Å². The van der Waals surface area contributed by atoms with Gasteiger partial charge in [0.15, 0.2) is 12.7 Å². The van der Waals surface area contributed by atoms with Gasteiger partial charge in [0, 0.05) is 28.8 Å². The molecule has 2 N–H and O–H groups in total. The summed E-state index contributed by atoms with van der Waals surface area (Å²) >= 11 is 1.50. The van der Waals surface area contributed by atoms with E-state index in [1.165, 1.54) is 16.7 Å². The minimum absolute atomic E-state index is 0.0223. The molecule has 0 saturated carbocycles. The van der Waals surface area contributed by atoms with Crippen LogP contribution in [0.3, 0.4) is 0 Å². The number of thioether (sulfide) groups is 1. The molecular formula is C17H15N3O3S. The highest BCUT2D eigenvalue weighted by molar-refractivity contribution is 8.00. The maximum Gasteiger partial charge on any atom is 0.248 e. The molecule has 2 aromatic rings. The van der Waals surface area contributed by atoms with Crippen molar-refractivity contribution in [2.24, 2.45) is 5.73 Å². The van der Waals surface area contributed by atoms with E-state index in [-0.39, 0.29) is 17.0 Å². The Bertz CT molecular complexity index is 890. The van der Waals surface area contributed by atoms with Crippen LogP contribution in [0.2, 0.25) is 0 Å². The number of β-lactam (4-membered cyclic amide) rings is 1. The zero-order valence-corrected chi connectivity index (χ0v) is 13.5. The highest BCUT2D eigenvalue weighted by atomic mass is 32.2. The third kappa shape index (κ3) is 2.20. The van der Waals surface area contributed by atoms with Crippen LogP contribution in [0.4, 0.5) is 0 Å². The first-order valence-corrected chi connectivity index (χ1v) is 8.63. The summed E-state index contributed by atoms with van der Waals surface area (Å²) in [6.07, 6.45) is 1.91. The van der Waals surface area contributed by atoms with Gasteiger partial charge in [-0.15, -0.1) is 11.8 Å². The first-order valence-electron chi connectivity index (χ1n) is 7.59. The number of carbonyl (C=O) groups excluding carboxylic acids is 2. The van der Waals surface area contributed by atoms with E-state index in [9.17, 15) is 14.7 Å². The number of para-hydroxylation sites is 1. The lowest BCUT2D eigenvalue weighted by atomic mass is 10.0. The molecule has 4 rings (SSSR count). The first-order chi connectivity index (χ1) is 11.6. The lowest BCUT2D eigenvalue weighted by Crippen LogP contribution is -2.69. The predicted octanol–water partition coefficient (Wildman–Crippen LogP) is -0.626. The fourth-order valence-corrected chi connectivity index (χ4v) is 4.54. The van der Waals surface area contributed by atoms with Crippen LogP contribution in [0.15, 0.2) is 53.9 Å². The molecule has 122 valence electrons. The van der Waals surface area contributed by atoms with E-state index in [1.807, 2.05) is 47.2 Å². The maximum absolute atomic E-state index is 12.0. The number of aliphatic carboxylic acids is 1. The Morgan fingerprint density at radius 1 is 1.33 bits per heavy atom. The van der Waals surface area contributed by atoms with Crippen molar-refractivity contribution in [3.05, 3.63) is 53.9 Å². The minimum atomic E-state index is -1.32. The van der Waals surface area contributed by atoms with Gasteiger partial charge in [-0.25, -0.2) is 0 Å². The Balaban J connectivity index is 1.77. The highest BCUT2D eigenvalue weighted by Gasteiger charge is 2.50. The fraction of sp³-hybridized carbons (Fsp3) is 0.235. The molecule has 0 unspecified atom stereocenters. The molecular weight excluding hydrogens is 326 g/mol. The van der Waals surface area contributed by atoms with Gasteiger partial charge in [-0.2, -0.15) is 4.57 Å². The Hall–Kier alpha value is -2.38. The van der Waals surface area contributed by atoms with Crippen LogP contribution >= 0.6 is 11.8 Å². The van der Waals surface area contributed by atoms with Crippen molar-refractivity contribution >= 4 is 34.5 Å². The van der Waals surface area contributed by atoms with Crippen molar-refractivity contribution in [3.8, 4) is 0 Å². The van der Waals surface area contributed by atoms with Crippen molar-refractivity contribution in [1.29, 1.82) is 0 Å². The number of benzene rings is 1. The van der Waals surface area contributed by atoms with E-state index >= 15 is 0 Å². The molecule has 2 aliphatic rings. The van der Waals surface area contributed by atoms with E-state index in [1.54, 1.807) is 0 Å². The van der Waals surface area contributed by atoms with Crippen molar-refractivity contribution in [3.63, 3.8) is 0 Å². The molecule has 0 radical (unpaired) electrons. The number of hydrogen-bond donors (Lipinski definition) is 1. The Labute approximate surface area is 142 Å². The molecule has 3 heterocycles. The number of carboxylic acids is 1. The largest absolute Gasteiger partial charge is 0.543 e. The Kier molecular flexibility index (Phi) is 3.54. The second-order valence-electron chi connectivity index (χ2n) is 5.87. The molecule has 2 aliphatic heterocycles. The van der Waals surface area contributed by atoms with Crippen molar-refractivity contribution in [2.45, 2.75) is 18.0 Å². The molecule has 1 saturated heterocycles. The second-order valence-corrected chi connectivity index (χ2v) is 6.98. The number of fused-ring (bicyclic) bond motifs is 2. The normalized spacial score (nSPS) is 23.2. The maximum atomic E-state index is 12.0. The summed E-state index contributed by atoms with van der Waals surface area (Å²) < 4.78 is 1.98. The molecule has 7 heteroatoms. The average Bonchev–Trinajstić information content (AvgIpc) is 2.60. The fourth-order valence-electron chi connectivity index (χ4n) is 3.25. The van der Waals surface area contributed by atoms with E-state index < -0.39 is 12.0 Å². The molecule has 1 aromatic carbocycles. The minimum Gasteiger partial charge on any atom is -0.543 e. The van der Waals surface area contributed by atoms with Gasteiger partial charge in [0.25, 0.3) is 0 Å². The monoisotopic (exact) mass is 341 g/mol. The van der Waals surface area contributed by atoms with E-state index in [2.05, 4.69) is 0 Å². The van der Waals surface area contributed by atoms with Gasteiger partial charge < -0.3 is 15.6 Å². The van der Waals surface area contributed by atoms with E-state index in [0.29, 0.717) is 17.9 Å². The molecule has 0 aliphatic carbocycles. The number of nitrogens with two attached hydrogens (primary N) is 1. The number of aromatic nitrogens is 1. The number of pyridine rings is 1. The lowest BCUT2D eigenvalue weighted by molar-refractivity contribution is -0.663. The van der Waals surface area contributed by atoms with Gasteiger partial charge in [-0.3, -0.25) is 9.69 Å². The van der Waals surface area contributed by atoms with Crippen molar-refractivity contribution in [1.82, 2.24) is 4.90 Å². The van der Waals surface area contributed by atoms with Gasteiger partial charge in [0.2, 0.25) is 11.4 Å². The third-order valence-corrected chi connectivity index (χ3v) is 5.79. The van der Waals surface area contributed by atoms with Crippen LogP contribution < -0.4 is 15.4 Å². The zero-order chi connectivity index (χ0) is 16.8. The number of nitrogens with zero attached hydrogens (tertiary/aromatic N) is 2. The van der Waals surface area contributed by atoms with Crippen LogP contribution in [0.1, 0.15) is 0 Å². The average molecular weight is 341 g/mol. The SMILES string of the molecule is N[C@@H]1C(=O)N2C(C(=O)[O-])=C(C[n+]3cccc4ccccc43)CS[C@@H]12. The lowest BCUT2D eigenvalue weighted by Gasteiger charge is -2.49. The number of hydrogen-bond acceptors (Lipinski definition) is 5. The summed E-state index contributed by atoms with van der Waals surface area (Å²) in [5, 5.41) is 12.4. The molecule has 2 atom stereocenters. The van der Waals surface area contributed by atoms with Gasteiger partial charge in [0.05, 0.1) is 11.7 Å². The number of carbonyl (C=O) groups is 2. The smallest absolute Gasteiger partial charge is 0.248 e. The van der Waals surface area contributed by atoms with Crippen LogP contribution in [-0.4, -0.2) is 33.9 Å². The quantitative estimate of drug-likeness (QED) is 0.593. The highest BCUT2D eigenvalue weighted by Crippen LogP contribution is 2.39. The summed E-state index contributed by atoms with van der Waals surface area (Å²) in [7, 11) is 0. The van der Waals surface area contributed by atoms with Gasteiger partial charge >= 0.3 is 0 Å². The molecule has 24 heavy (non-hydrogen) atoms. The summed E-state index contributed by atoms with van der Waals surface area (Å²) in [4.78, 5) is 24.9. The summed E-state index contributed by atoms with van der Waals surface area (Å²) in [5.74, 6) is -1.16. The van der Waals surface area contributed by atoms with E-state index in [4.69, 9.17) is 5.73 Å². The molecule has 1 fully saturated rings. The second kappa shape index (κ2) is 5.61.